The van der Waals surface area contributed by atoms with Gasteiger partial charge in [-0.3, -0.25) is 4.79 Å². The molecule has 1 aromatic carbocycles. The van der Waals surface area contributed by atoms with Gasteiger partial charge in [0.2, 0.25) is 0 Å². The van der Waals surface area contributed by atoms with E-state index >= 15 is 0 Å². The lowest BCUT2D eigenvalue weighted by atomic mass is 10.2. The van der Waals surface area contributed by atoms with E-state index in [1.165, 1.54) is 6.26 Å². The fourth-order valence-corrected chi connectivity index (χ4v) is 1.64. The second-order valence-corrected chi connectivity index (χ2v) is 3.75. The zero-order valence-electron chi connectivity index (χ0n) is 9.93. The van der Waals surface area contributed by atoms with Crippen LogP contribution in [0.2, 0.25) is 0 Å². The number of amides is 1. The molecule has 0 atom stereocenters. The number of furan rings is 1. The Hall–Kier alpha value is -2.54. The molecule has 1 aromatic heterocycles. The van der Waals surface area contributed by atoms with Crippen LogP contribution in [0.15, 0.2) is 41.0 Å². The van der Waals surface area contributed by atoms with E-state index in [2.05, 4.69) is 5.32 Å². The molecule has 0 aliphatic heterocycles. The van der Waals surface area contributed by atoms with Crippen molar-refractivity contribution < 1.29 is 9.21 Å². The summed E-state index contributed by atoms with van der Waals surface area (Å²) in [6, 6.07) is 10.4. The van der Waals surface area contributed by atoms with Crippen LogP contribution in [0.25, 0.3) is 0 Å². The monoisotopic (exact) mass is 240 g/mol. The summed E-state index contributed by atoms with van der Waals surface area (Å²) in [6.07, 6.45) is 2.18. The molecule has 0 bridgehead atoms. The Morgan fingerprint density at radius 1 is 1.33 bits per heavy atom. The largest absolute Gasteiger partial charge is 0.469 e. The number of hydrogen-bond donors (Lipinski definition) is 1. The fourth-order valence-electron chi connectivity index (χ4n) is 1.64. The first-order valence-electron chi connectivity index (χ1n) is 5.62. The zero-order chi connectivity index (χ0) is 13.0. The summed E-state index contributed by atoms with van der Waals surface area (Å²) < 4.78 is 5.21. The van der Waals surface area contributed by atoms with Crippen molar-refractivity contribution >= 4 is 11.6 Å². The molecule has 4 nitrogen and oxygen atoms in total. The van der Waals surface area contributed by atoms with Crippen molar-refractivity contribution in [1.29, 1.82) is 5.26 Å². The van der Waals surface area contributed by atoms with Crippen LogP contribution in [0.3, 0.4) is 0 Å². The quantitative estimate of drug-likeness (QED) is 0.896. The molecular weight excluding hydrogens is 228 g/mol. The number of carbonyl (C=O) groups excluding carboxylic acids is 1. The van der Waals surface area contributed by atoms with Crippen LogP contribution in [0.4, 0.5) is 5.69 Å². The molecule has 0 spiro atoms. The van der Waals surface area contributed by atoms with Gasteiger partial charge in [0.15, 0.2) is 0 Å². The Kier molecular flexibility index (Phi) is 3.44. The fraction of sp³-hybridized carbons (Fsp3) is 0.143. The van der Waals surface area contributed by atoms with E-state index < -0.39 is 0 Å². The number of nitrogens with one attached hydrogen (secondary N) is 1. The Balaban J connectivity index is 2.14. The Morgan fingerprint density at radius 3 is 2.67 bits per heavy atom. The predicted octanol–water partition coefficient (Wildman–Crippen LogP) is 2.97. The lowest BCUT2D eigenvalue weighted by molar-refractivity contribution is 0.102. The third kappa shape index (κ3) is 2.41. The van der Waals surface area contributed by atoms with Gasteiger partial charge in [-0.25, -0.2) is 0 Å². The summed E-state index contributed by atoms with van der Waals surface area (Å²) >= 11 is 0. The smallest absolute Gasteiger partial charge is 0.259 e. The predicted molar refractivity (Wildman–Crippen MR) is 67.2 cm³/mol. The minimum absolute atomic E-state index is 0.203. The van der Waals surface area contributed by atoms with Crippen molar-refractivity contribution in [3.8, 4) is 6.07 Å². The molecule has 90 valence electrons. The van der Waals surface area contributed by atoms with Crippen LogP contribution >= 0.6 is 0 Å². The van der Waals surface area contributed by atoms with E-state index in [0.717, 1.165) is 0 Å². The zero-order valence-corrected chi connectivity index (χ0v) is 9.93. The number of hydrogen-bond acceptors (Lipinski definition) is 3. The lowest BCUT2D eigenvalue weighted by Gasteiger charge is -2.04. The normalized spacial score (nSPS) is 9.78. The van der Waals surface area contributed by atoms with E-state index in [-0.39, 0.29) is 5.91 Å². The number of aryl methyl sites for hydroxylation is 1. The number of nitrogens with zero attached hydrogens (tertiary/aromatic N) is 1. The first kappa shape index (κ1) is 11.9. The SMILES string of the molecule is CCc1occc1C(=O)Nc1ccc(C#N)cc1. The average Bonchev–Trinajstić information content (AvgIpc) is 2.88. The molecule has 18 heavy (non-hydrogen) atoms. The van der Waals surface area contributed by atoms with Crippen molar-refractivity contribution in [2.45, 2.75) is 13.3 Å². The maximum Gasteiger partial charge on any atom is 0.259 e. The average molecular weight is 240 g/mol. The summed E-state index contributed by atoms with van der Waals surface area (Å²) in [5.41, 5.74) is 1.76. The number of benzene rings is 1. The van der Waals surface area contributed by atoms with E-state index in [1.807, 2.05) is 13.0 Å². The van der Waals surface area contributed by atoms with Crippen molar-refractivity contribution in [2.75, 3.05) is 5.32 Å². The first-order valence-corrected chi connectivity index (χ1v) is 5.62. The maximum atomic E-state index is 12.0. The summed E-state index contributed by atoms with van der Waals surface area (Å²) in [6.45, 7) is 1.93. The van der Waals surface area contributed by atoms with Gasteiger partial charge in [-0.1, -0.05) is 6.92 Å². The summed E-state index contributed by atoms with van der Waals surface area (Å²) in [4.78, 5) is 12.0. The van der Waals surface area contributed by atoms with Gasteiger partial charge in [-0.2, -0.15) is 5.26 Å². The number of rotatable bonds is 3. The van der Waals surface area contributed by atoms with Gasteiger partial charge in [0.25, 0.3) is 5.91 Å². The third-order valence-electron chi connectivity index (χ3n) is 2.58. The van der Waals surface area contributed by atoms with Crippen molar-refractivity contribution in [2.24, 2.45) is 0 Å². The summed E-state index contributed by atoms with van der Waals surface area (Å²) in [5.74, 6) is 0.464. The standard InChI is InChI=1S/C14H12N2O2/c1-2-13-12(7-8-18-13)14(17)16-11-5-3-10(9-15)4-6-11/h3-8H,2H2,1H3,(H,16,17). The molecule has 2 aromatic rings. The van der Waals surface area contributed by atoms with Crippen molar-refractivity contribution in [1.82, 2.24) is 0 Å². The van der Waals surface area contributed by atoms with Crippen LogP contribution in [0.1, 0.15) is 28.6 Å². The molecule has 2 rings (SSSR count). The Morgan fingerprint density at radius 2 is 2.06 bits per heavy atom. The molecule has 1 amide bonds. The molecule has 0 saturated heterocycles. The molecular formula is C14H12N2O2. The molecule has 0 saturated carbocycles. The lowest BCUT2D eigenvalue weighted by Crippen LogP contribution is -2.12. The maximum absolute atomic E-state index is 12.0. The third-order valence-corrected chi connectivity index (χ3v) is 2.58. The highest BCUT2D eigenvalue weighted by atomic mass is 16.3. The minimum atomic E-state index is -0.203. The molecule has 0 radical (unpaired) electrons. The highest BCUT2D eigenvalue weighted by Crippen LogP contribution is 2.15. The van der Waals surface area contributed by atoms with Gasteiger partial charge in [-0.05, 0) is 30.3 Å². The van der Waals surface area contributed by atoms with Crippen molar-refractivity contribution in [3.63, 3.8) is 0 Å². The van der Waals surface area contributed by atoms with E-state index in [0.29, 0.717) is 29.0 Å². The number of carbonyl (C=O) groups is 1. The van der Waals surface area contributed by atoms with Crippen LogP contribution in [-0.4, -0.2) is 5.91 Å². The molecule has 0 aliphatic rings. The second kappa shape index (κ2) is 5.19. The highest BCUT2D eigenvalue weighted by Gasteiger charge is 2.13. The van der Waals surface area contributed by atoms with Crippen LogP contribution in [0, 0.1) is 11.3 Å². The number of anilines is 1. The Labute approximate surface area is 105 Å². The summed E-state index contributed by atoms with van der Waals surface area (Å²) in [7, 11) is 0. The molecule has 1 N–H and O–H groups in total. The molecule has 1 heterocycles. The van der Waals surface area contributed by atoms with Crippen molar-refractivity contribution in [3.05, 3.63) is 53.5 Å². The first-order chi connectivity index (χ1) is 8.74. The van der Waals surface area contributed by atoms with Gasteiger partial charge < -0.3 is 9.73 Å². The Bertz CT molecular complexity index is 591. The molecule has 4 heteroatoms. The molecule has 0 unspecified atom stereocenters. The van der Waals surface area contributed by atoms with Crippen LogP contribution in [-0.2, 0) is 6.42 Å². The topological polar surface area (TPSA) is 66.0 Å². The highest BCUT2D eigenvalue weighted by molar-refractivity contribution is 6.04. The second-order valence-electron chi connectivity index (χ2n) is 3.75. The van der Waals surface area contributed by atoms with E-state index in [9.17, 15) is 4.79 Å². The van der Waals surface area contributed by atoms with Gasteiger partial charge in [0.1, 0.15) is 5.76 Å². The van der Waals surface area contributed by atoms with Gasteiger partial charge in [0.05, 0.1) is 23.5 Å². The van der Waals surface area contributed by atoms with E-state index in [1.54, 1.807) is 30.3 Å². The van der Waals surface area contributed by atoms with Crippen LogP contribution < -0.4 is 5.32 Å². The van der Waals surface area contributed by atoms with E-state index in [4.69, 9.17) is 9.68 Å². The van der Waals surface area contributed by atoms with Gasteiger partial charge in [0, 0.05) is 12.1 Å². The van der Waals surface area contributed by atoms with Gasteiger partial charge >= 0.3 is 0 Å². The van der Waals surface area contributed by atoms with Gasteiger partial charge in [-0.15, -0.1) is 0 Å². The van der Waals surface area contributed by atoms with Crippen LogP contribution in [0.5, 0.6) is 0 Å². The summed E-state index contributed by atoms with van der Waals surface area (Å²) in [5, 5.41) is 11.4. The number of nitriles is 1. The minimum Gasteiger partial charge on any atom is -0.469 e. The molecule has 0 fully saturated rings. The molecule has 0 aliphatic carbocycles.